The standard InChI is InChI=1S/C24H37N3O4S/c1-5-32(30,31)26-16-22(28)27(21-14-13-18(2)15-19(21)3)24(4,17-26)23(29)25-20-11-9-7-6-8-10-12-20/h13-15,20H,5-12,16-17H2,1-4H3,(H,25,29)/t24-/m1/s1. The third-order valence-corrected chi connectivity index (χ3v) is 8.59. The van der Waals surface area contributed by atoms with Gasteiger partial charge in [-0.25, -0.2) is 8.42 Å². The predicted octanol–water partition coefficient (Wildman–Crippen LogP) is 3.29. The normalized spacial score (nSPS) is 24.1. The number of amides is 2. The Bertz CT molecular complexity index is 954. The summed E-state index contributed by atoms with van der Waals surface area (Å²) in [4.78, 5) is 28.6. The molecule has 1 heterocycles. The molecule has 2 aliphatic rings. The maximum atomic E-state index is 13.7. The second kappa shape index (κ2) is 9.91. The number of carbonyl (C=O) groups excluding carboxylic acids is 2. The quantitative estimate of drug-likeness (QED) is 0.726. The molecule has 1 aromatic rings. The summed E-state index contributed by atoms with van der Waals surface area (Å²) in [5, 5.41) is 3.18. The van der Waals surface area contributed by atoms with Gasteiger partial charge in [-0.15, -0.1) is 0 Å². The average molecular weight is 464 g/mol. The van der Waals surface area contributed by atoms with Crippen molar-refractivity contribution in [2.75, 3.05) is 23.7 Å². The van der Waals surface area contributed by atoms with Crippen molar-refractivity contribution in [1.29, 1.82) is 0 Å². The van der Waals surface area contributed by atoms with Gasteiger partial charge in [0.25, 0.3) is 0 Å². The Hall–Kier alpha value is -1.93. The van der Waals surface area contributed by atoms with E-state index in [2.05, 4.69) is 5.32 Å². The molecule has 1 atom stereocenters. The third-order valence-electron chi connectivity index (χ3n) is 6.82. The van der Waals surface area contributed by atoms with E-state index in [1.807, 2.05) is 32.0 Å². The summed E-state index contributed by atoms with van der Waals surface area (Å²) in [7, 11) is -3.62. The minimum atomic E-state index is -3.62. The van der Waals surface area contributed by atoms with E-state index < -0.39 is 15.6 Å². The predicted molar refractivity (Wildman–Crippen MR) is 127 cm³/mol. The van der Waals surface area contributed by atoms with Crippen molar-refractivity contribution in [1.82, 2.24) is 9.62 Å². The molecule has 7 nitrogen and oxygen atoms in total. The molecule has 0 spiro atoms. The molecule has 3 rings (SSSR count). The summed E-state index contributed by atoms with van der Waals surface area (Å²) >= 11 is 0. The second-order valence-corrected chi connectivity index (χ2v) is 11.7. The van der Waals surface area contributed by atoms with Crippen molar-refractivity contribution in [3.63, 3.8) is 0 Å². The summed E-state index contributed by atoms with van der Waals surface area (Å²) in [6, 6.07) is 5.80. The lowest BCUT2D eigenvalue weighted by molar-refractivity contribution is -0.133. The van der Waals surface area contributed by atoms with Crippen LogP contribution in [0.5, 0.6) is 0 Å². The fraction of sp³-hybridized carbons (Fsp3) is 0.667. The molecule has 0 bridgehead atoms. The number of benzene rings is 1. The van der Waals surface area contributed by atoms with Crippen molar-refractivity contribution in [3.8, 4) is 0 Å². The van der Waals surface area contributed by atoms with Crippen molar-refractivity contribution in [2.45, 2.75) is 84.2 Å². The van der Waals surface area contributed by atoms with Crippen LogP contribution in [-0.4, -0.2) is 55.0 Å². The fourth-order valence-corrected chi connectivity index (χ4v) is 6.04. The molecule has 1 saturated carbocycles. The van der Waals surface area contributed by atoms with E-state index >= 15 is 0 Å². The first kappa shape index (κ1) is 24.7. The van der Waals surface area contributed by atoms with E-state index in [4.69, 9.17) is 0 Å². The second-order valence-electron chi connectivity index (χ2n) is 9.48. The van der Waals surface area contributed by atoms with Crippen LogP contribution in [0.15, 0.2) is 18.2 Å². The van der Waals surface area contributed by atoms with Crippen LogP contribution in [-0.2, 0) is 19.6 Å². The zero-order chi connectivity index (χ0) is 23.5. The Morgan fingerprint density at radius 3 is 2.34 bits per heavy atom. The van der Waals surface area contributed by atoms with Gasteiger partial charge in [0, 0.05) is 18.3 Å². The van der Waals surface area contributed by atoms with Gasteiger partial charge in [0.1, 0.15) is 5.54 Å². The largest absolute Gasteiger partial charge is 0.351 e. The SMILES string of the molecule is CCS(=O)(=O)N1CC(=O)N(c2ccc(C)cc2C)[C@@](C)(C(=O)NC2CCCCCCC2)C1. The van der Waals surface area contributed by atoms with E-state index in [0.717, 1.165) is 36.8 Å². The van der Waals surface area contributed by atoms with Crippen molar-refractivity contribution in [2.24, 2.45) is 0 Å². The number of nitrogens with one attached hydrogen (secondary N) is 1. The lowest BCUT2D eigenvalue weighted by atomic mass is 9.91. The van der Waals surface area contributed by atoms with Gasteiger partial charge >= 0.3 is 0 Å². The van der Waals surface area contributed by atoms with Crippen LogP contribution >= 0.6 is 0 Å². The van der Waals surface area contributed by atoms with Crippen molar-refractivity contribution >= 4 is 27.5 Å². The molecular formula is C24H37N3O4S. The molecular weight excluding hydrogens is 426 g/mol. The molecule has 2 amide bonds. The van der Waals surface area contributed by atoms with Crippen LogP contribution in [0, 0.1) is 13.8 Å². The number of anilines is 1. The van der Waals surface area contributed by atoms with Crippen LogP contribution in [0.4, 0.5) is 5.69 Å². The molecule has 1 saturated heterocycles. The summed E-state index contributed by atoms with van der Waals surface area (Å²) in [6.45, 7) is 6.83. The number of aryl methyl sites for hydroxylation is 2. The highest BCUT2D eigenvalue weighted by Gasteiger charge is 2.51. The molecule has 32 heavy (non-hydrogen) atoms. The van der Waals surface area contributed by atoms with E-state index in [-0.39, 0.29) is 36.7 Å². The van der Waals surface area contributed by atoms with Crippen molar-refractivity contribution in [3.05, 3.63) is 29.3 Å². The molecule has 1 aromatic carbocycles. The first-order valence-corrected chi connectivity index (χ1v) is 13.4. The Kier molecular flexibility index (Phi) is 7.65. The summed E-state index contributed by atoms with van der Waals surface area (Å²) in [5.74, 6) is -0.771. The van der Waals surface area contributed by atoms with E-state index in [0.29, 0.717) is 5.69 Å². The number of hydrogen-bond acceptors (Lipinski definition) is 4. The Balaban J connectivity index is 1.98. The molecule has 0 unspecified atom stereocenters. The van der Waals surface area contributed by atoms with Crippen molar-refractivity contribution < 1.29 is 18.0 Å². The lowest BCUT2D eigenvalue weighted by Crippen LogP contribution is -2.71. The Morgan fingerprint density at radius 1 is 1.12 bits per heavy atom. The van der Waals surface area contributed by atoms with Gasteiger partial charge < -0.3 is 5.32 Å². The Labute approximate surface area is 192 Å². The molecule has 2 fully saturated rings. The van der Waals surface area contributed by atoms with Crippen LogP contribution in [0.1, 0.15) is 69.9 Å². The maximum absolute atomic E-state index is 13.7. The first-order chi connectivity index (χ1) is 15.1. The van der Waals surface area contributed by atoms with Crippen LogP contribution < -0.4 is 10.2 Å². The summed E-state index contributed by atoms with van der Waals surface area (Å²) in [5.41, 5.74) is 1.27. The highest BCUT2D eigenvalue weighted by Crippen LogP contribution is 2.33. The van der Waals surface area contributed by atoms with Crippen LogP contribution in [0.25, 0.3) is 0 Å². The van der Waals surface area contributed by atoms with Gasteiger partial charge in [-0.3, -0.25) is 14.5 Å². The van der Waals surface area contributed by atoms with Gasteiger partial charge in [0.05, 0.1) is 12.3 Å². The van der Waals surface area contributed by atoms with Gasteiger partial charge in [-0.2, -0.15) is 4.31 Å². The van der Waals surface area contributed by atoms with E-state index in [9.17, 15) is 18.0 Å². The average Bonchev–Trinajstić information content (AvgIpc) is 2.70. The number of sulfonamides is 1. The molecule has 178 valence electrons. The highest BCUT2D eigenvalue weighted by atomic mass is 32.2. The molecule has 8 heteroatoms. The minimum Gasteiger partial charge on any atom is -0.351 e. The Morgan fingerprint density at radius 2 is 1.75 bits per heavy atom. The number of nitrogens with zero attached hydrogens (tertiary/aromatic N) is 2. The molecule has 0 aromatic heterocycles. The fourth-order valence-electron chi connectivity index (χ4n) is 4.92. The third kappa shape index (κ3) is 5.17. The van der Waals surface area contributed by atoms with Crippen LogP contribution in [0.2, 0.25) is 0 Å². The number of hydrogen-bond donors (Lipinski definition) is 1. The van der Waals surface area contributed by atoms with Gasteiger partial charge in [0.15, 0.2) is 0 Å². The zero-order valence-electron chi connectivity index (χ0n) is 19.8. The number of rotatable bonds is 5. The first-order valence-electron chi connectivity index (χ1n) is 11.8. The summed E-state index contributed by atoms with van der Waals surface area (Å²) in [6.07, 6.45) is 7.53. The smallest absolute Gasteiger partial charge is 0.247 e. The lowest BCUT2D eigenvalue weighted by Gasteiger charge is -2.47. The number of piperazine rings is 1. The molecule has 1 N–H and O–H groups in total. The zero-order valence-corrected chi connectivity index (χ0v) is 20.6. The van der Waals surface area contributed by atoms with E-state index in [1.54, 1.807) is 13.8 Å². The summed E-state index contributed by atoms with van der Waals surface area (Å²) < 4.78 is 26.5. The van der Waals surface area contributed by atoms with E-state index in [1.165, 1.54) is 28.5 Å². The number of carbonyl (C=O) groups is 2. The topological polar surface area (TPSA) is 86.8 Å². The molecule has 0 radical (unpaired) electrons. The molecule has 1 aliphatic heterocycles. The van der Waals surface area contributed by atoms with Gasteiger partial charge in [-0.1, -0.05) is 49.8 Å². The minimum absolute atomic E-state index is 0.0499. The molecule has 1 aliphatic carbocycles. The van der Waals surface area contributed by atoms with Crippen LogP contribution in [0.3, 0.4) is 0 Å². The van der Waals surface area contributed by atoms with Gasteiger partial charge in [-0.05, 0) is 52.2 Å². The van der Waals surface area contributed by atoms with Gasteiger partial charge in [0.2, 0.25) is 21.8 Å². The highest BCUT2D eigenvalue weighted by molar-refractivity contribution is 7.89. The monoisotopic (exact) mass is 463 g/mol. The maximum Gasteiger partial charge on any atom is 0.247 e.